The zero-order valence-electron chi connectivity index (χ0n) is 10.2. The Bertz CT molecular complexity index is 286. The van der Waals surface area contributed by atoms with E-state index in [-0.39, 0.29) is 0 Å². The Kier molecular flexibility index (Phi) is 7.48. The molecule has 16 heavy (non-hydrogen) atoms. The molecule has 0 N–H and O–H groups in total. The van der Waals surface area contributed by atoms with Crippen LogP contribution in [0.25, 0.3) is 0 Å². The van der Waals surface area contributed by atoms with Crippen LogP contribution in [0.4, 0.5) is 0 Å². The molecule has 0 aliphatic carbocycles. The molecule has 1 rings (SSSR count). The molecule has 0 radical (unpaired) electrons. The van der Waals surface area contributed by atoms with Crippen LogP contribution in [0, 0.1) is 0 Å². The number of unbranched alkanes of at least 4 members (excludes halogenated alkanes) is 6. The first-order valence-electron chi connectivity index (χ1n) is 6.44. The van der Waals surface area contributed by atoms with Gasteiger partial charge in [0.25, 0.3) is 0 Å². The Labute approximate surface area is 108 Å². The van der Waals surface area contributed by atoms with Crippen molar-refractivity contribution in [2.75, 3.05) is 0 Å². The zero-order valence-corrected chi connectivity index (χ0v) is 11.8. The molecule has 0 bridgehead atoms. The van der Waals surface area contributed by atoms with E-state index in [2.05, 4.69) is 33.9 Å². The summed E-state index contributed by atoms with van der Waals surface area (Å²) >= 11 is 3.54. The quantitative estimate of drug-likeness (QED) is 0.602. The summed E-state index contributed by atoms with van der Waals surface area (Å²) in [5, 5.41) is 0. The fourth-order valence-electron chi connectivity index (χ4n) is 1.85. The SMILES string of the molecule is CCCCCCCCCc1ncccc1Br. The van der Waals surface area contributed by atoms with Crippen molar-refractivity contribution in [3.05, 3.63) is 28.5 Å². The summed E-state index contributed by atoms with van der Waals surface area (Å²) in [4.78, 5) is 4.38. The summed E-state index contributed by atoms with van der Waals surface area (Å²) in [5.41, 5.74) is 1.20. The lowest BCUT2D eigenvalue weighted by atomic mass is 10.1. The number of aryl methyl sites for hydroxylation is 1. The molecule has 1 aromatic heterocycles. The highest BCUT2D eigenvalue weighted by Crippen LogP contribution is 2.16. The second-order valence-electron chi connectivity index (χ2n) is 4.30. The van der Waals surface area contributed by atoms with Gasteiger partial charge in [-0.1, -0.05) is 45.4 Å². The van der Waals surface area contributed by atoms with E-state index in [0.717, 1.165) is 10.9 Å². The van der Waals surface area contributed by atoms with E-state index in [1.54, 1.807) is 0 Å². The van der Waals surface area contributed by atoms with Crippen LogP contribution in [0.2, 0.25) is 0 Å². The van der Waals surface area contributed by atoms with Crippen molar-refractivity contribution in [2.24, 2.45) is 0 Å². The highest BCUT2D eigenvalue weighted by atomic mass is 79.9. The molecular formula is C14H22BrN. The maximum Gasteiger partial charge on any atom is 0.0545 e. The summed E-state index contributed by atoms with van der Waals surface area (Å²) in [6, 6.07) is 4.04. The predicted octanol–water partition coefficient (Wildman–Crippen LogP) is 5.14. The first-order chi connectivity index (χ1) is 7.84. The first-order valence-corrected chi connectivity index (χ1v) is 7.23. The molecule has 90 valence electrons. The summed E-state index contributed by atoms with van der Waals surface area (Å²) in [6.07, 6.45) is 12.5. The van der Waals surface area contributed by atoms with Gasteiger partial charge in [-0.15, -0.1) is 0 Å². The minimum Gasteiger partial charge on any atom is -0.260 e. The van der Waals surface area contributed by atoms with Crippen LogP contribution < -0.4 is 0 Å². The smallest absolute Gasteiger partial charge is 0.0545 e. The minimum atomic E-state index is 1.11. The molecule has 0 atom stereocenters. The molecule has 0 spiro atoms. The second kappa shape index (κ2) is 8.74. The van der Waals surface area contributed by atoms with Gasteiger partial charge in [-0.25, -0.2) is 0 Å². The van der Waals surface area contributed by atoms with E-state index >= 15 is 0 Å². The molecule has 0 saturated heterocycles. The van der Waals surface area contributed by atoms with Gasteiger partial charge in [0.15, 0.2) is 0 Å². The third-order valence-corrected chi connectivity index (χ3v) is 3.57. The predicted molar refractivity (Wildman–Crippen MR) is 73.6 cm³/mol. The molecule has 2 heteroatoms. The molecule has 0 aliphatic rings. The van der Waals surface area contributed by atoms with Crippen LogP contribution in [-0.4, -0.2) is 4.98 Å². The third-order valence-electron chi connectivity index (χ3n) is 2.85. The summed E-state index contributed by atoms with van der Waals surface area (Å²) in [6.45, 7) is 2.26. The number of hydrogen-bond acceptors (Lipinski definition) is 1. The maximum atomic E-state index is 4.38. The fourth-order valence-corrected chi connectivity index (χ4v) is 2.31. The third kappa shape index (κ3) is 5.64. The van der Waals surface area contributed by atoms with Gasteiger partial charge >= 0.3 is 0 Å². The van der Waals surface area contributed by atoms with Crippen molar-refractivity contribution in [1.29, 1.82) is 0 Å². The Morgan fingerprint density at radius 3 is 2.44 bits per heavy atom. The second-order valence-corrected chi connectivity index (χ2v) is 5.16. The van der Waals surface area contributed by atoms with Gasteiger partial charge in [0.05, 0.1) is 5.69 Å². The van der Waals surface area contributed by atoms with Gasteiger partial charge in [0.1, 0.15) is 0 Å². The van der Waals surface area contributed by atoms with Crippen molar-refractivity contribution in [3.8, 4) is 0 Å². The monoisotopic (exact) mass is 283 g/mol. The lowest BCUT2D eigenvalue weighted by Crippen LogP contribution is -1.91. The van der Waals surface area contributed by atoms with Crippen LogP contribution in [0.5, 0.6) is 0 Å². The Morgan fingerprint density at radius 1 is 1.06 bits per heavy atom. The Morgan fingerprint density at radius 2 is 1.75 bits per heavy atom. The van der Waals surface area contributed by atoms with Crippen molar-refractivity contribution in [2.45, 2.75) is 58.3 Å². The van der Waals surface area contributed by atoms with Gasteiger partial charge in [0.2, 0.25) is 0 Å². The van der Waals surface area contributed by atoms with Gasteiger partial charge in [-0.05, 0) is 40.9 Å². The number of rotatable bonds is 8. The maximum absolute atomic E-state index is 4.38. The molecular weight excluding hydrogens is 262 g/mol. The van der Waals surface area contributed by atoms with E-state index in [0.29, 0.717) is 0 Å². The van der Waals surface area contributed by atoms with E-state index < -0.39 is 0 Å². The number of pyridine rings is 1. The lowest BCUT2D eigenvalue weighted by Gasteiger charge is -2.03. The number of halogens is 1. The molecule has 0 saturated carbocycles. The van der Waals surface area contributed by atoms with Gasteiger partial charge in [-0.3, -0.25) is 4.98 Å². The summed E-state index contributed by atoms with van der Waals surface area (Å²) in [7, 11) is 0. The number of nitrogens with zero attached hydrogens (tertiary/aromatic N) is 1. The van der Waals surface area contributed by atoms with E-state index in [1.165, 1.54) is 50.6 Å². The van der Waals surface area contributed by atoms with Gasteiger partial charge in [-0.2, -0.15) is 0 Å². The fraction of sp³-hybridized carbons (Fsp3) is 0.643. The van der Waals surface area contributed by atoms with Gasteiger partial charge in [0, 0.05) is 10.7 Å². The highest BCUT2D eigenvalue weighted by Gasteiger charge is 1.99. The summed E-state index contributed by atoms with van der Waals surface area (Å²) < 4.78 is 1.15. The first kappa shape index (κ1) is 13.7. The highest BCUT2D eigenvalue weighted by molar-refractivity contribution is 9.10. The van der Waals surface area contributed by atoms with E-state index in [4.69, 9.17) is 0 Å². The van der Waals surface area contributed by atoms with E-state index in [1.807, 2.05) is 12.3 Å². The Hall–Kier alpha value is -0.370. The molecule has 0 fully saturated rings. The van der Waals surface area contributed by atoms with Crippen molar-refractivity contribution < 1.29 is 0 Å². The average molecular weight is 284 g/mol. The van der Waals surface area contributed by atoms with Gasteiger partial charge < -0.3 is 0 Å². The number of aromatic nitrogens is 1. The normalized spacial score (nSPS) is 10.6. The molecule has 0 aromatic carbocycles. The number of hydrogen-bond donors (Lipinski definition) is 0. The largest absolute Gasteiger partial charge is 0.260 e. The van der Waals surface area contributed by atoms with Crippen LogP contribution in [0.3, 0.4) is 0 Å². The standard InChI is InChI=1S/C14H22BrN/c1-2-3-4-5-6-7-8-11-14-13(15)10-9-12-16-14/h9-10,12H,2-8,11H2,1H3. The average Bonchev–Trinajstić information content (AvgIpc) is 2.30. The molecule has 1 nitrogen and oxygen atoms in total. The molecule has 0 unspecified atom stereocenters. The minimum absolute atomic E-state index is 1.11. The van der Waals surface area contributed by atoms with Crippen molar-refractivity contribution in [1.82, 2.24) is 4.98 Å². The summed E-state index contributed by atoms with van der Waals surface area (Å²) in [5.74, 6) is 0. The molecule has 1 aromatic rings. The van der Waals surface area contributed by atoms with Crippen molar-refractivity contribution in [3.63, 3.8) is 0 Å². The molecule has 0 aliphatic heterocycles. The van der Waals surface area contributed by atoms with E-state index in [9.17, 15) is 0 Å². The lowest BCUT2D eigenvalue weighted by molar-refractivity contribution is 0.587. The van der Waals surface area contributed by atoms with Crippen LogP contribution >= 0.6 is 15.9 Å². The molecule has 0 amide bonds. The zero-order chi connectivity index (χ0) is 11.6. The molecule has 1 heterocycles. The Balaban J connectivity index is 2.05. The van der Waals surface area contributed by atoms with Crippen LogP contribution in [-0.2, 0) is 6.42 Å². The van der Waals surface area contributed by atoms with Crippen LogP contribution in [0.1, 0.15) is 57.6 Å². The topological polar surface area (TPSA) is 12.9 Å². The van der Waals surface area contributed by atoms with Crippen molar-refractivity contribution >= 4 is 15.9 Å². The van der Waals surface area contributed by atoms with Crippen LogP contribution in [0.15, 0.2) is 22.8 Å².